The highest BCUT2D eigenvalue weighted by Crippen LogP contribution is 2.49. The minimum atomic E-state index is 0.716. The van der Waals surface area contributed by atoms with Gasteiger partial charge in [0.2, 0.25) is 0 Å². The lowest BCUT2D eigenvalue weighted by atomic mass is 10.0. The molecule has 4 nitrogen and oxygen atoms in total. The van der Waals surface area contributed by atoms with Crippen molar-refractivity contribution in [2.45, 2.75) is 9.79 Å². The number of fused-ring (bicyclic) bond motifs is 10. The normalized spacial score (nSPS) is 12.4. The molecule has 54 heavy (non-hydrogen) atoms. The van der Waals surface area contributed by atoms with Crippen LogP contribution in [-0.2, 0) is 0 Å². The van der Waals surface area contributed by atoms with E-state index in [2.05, 4.69) is 179 Å². The lowest BCUT2D eigenvalue weighted by molar-refractivity contribution is 1.03. The first kappa shape index (κ1) is 30.0. The van der Waals surface area contributed by atoms with E-state index in [4.69, 9.17) is 9.97 Å². The summed E-state index contributed by atoms with van der Waals surface area (Å²) in [6.07, 6.45) is 0. The van der Waals surface area contributed by atoms with Crippen molar-refractivity contribution in [2.75, 3.05) is 0 Å². The van der Waals surface area contributed by atoms with Crippen LogP contribution in [0.4, 0.5) is 0 Å². The van der Waals surface area contributed by atoms with Gasteiger partial charge in [-0.05, 0) is 53.6 Å². The monoisotopic (exact) mass is 724 g/mol. The fraction of sp³-hybridized carbons (Fsp3) is 0. The molecule has 252 valence electrons. The molecule has 11 aromatic rings. The number of rotatable bonds is 4. The average Bonchev–Trinajstić information content (AvgIpc) is 3.90. The maximum Gasteiger partial charge on any atom is 0.160 e. The number of benzene rings is 7. The number of thiophene rings is 1. The Labute approximate surface area is 318 Å². The molecular formula is C48H28N4S2. The lowest BCUT2D eigenvalue weighted by Gasteiger charge is -2.21. The molecule has 6 heteroatoms. The lowest BCUT2D eigenvalue weighted by Crippen LogP contribution is -2.05. The van der Waals surface area contributed by atoms with Crippen LogP contribution in [0, 0.1) is 0 Å². The zero-order valence-corrected chi connectivity index (χ0v) is 30.4. The molecule has 1 aliphatic heterocycles. The van der Waals surface area contributed by atoms with Gasteiger partial charge in [-0.15, -0.1) is 11.3 Å². The largest absolute Gasteiger partial charge is 0.295 e. The summed E-state index contributed by atoms with van der Waals surface area (Å²) < 4.78 is 7.23. The number of hydrogen-bond acceptors (Lipinski definition) is 4. The summed E-state index contributed by atoms with van der Waals surface area (Å²) in [6, 6.07) is 60.9. The second kappa shape index (κ2) is 11.5. The fourth-order valence-electron chi connectivity index (χ4n) is 8.34. The van der Waals surface area contributed by atoms with E-state index < -0.39 is 0 Å². The Kier molecular flexibility index (Phi) is 6.40. The van der Waals surface area contributed by atoms with E-state index in [-0.39, 0.29) is 0 Å². The molecule has 0 saturated carbocycles. The molecule has 4 aromatic heterocycles. The Morgan fingerprint density at radius 1 is 0.481 bits per heavy atom. The first-order chi connectivity index (χ1) is 26.8. The van der Waals surface area contributed by atoms with E-state index >= 15 is 0 Å². The van der Waals surface area contributed by atoms with Crippen LogP contribution in [0.2, 0.25) is 0 Å². The van der Waals surface area contributed by atoms with Crippen molar-refractivity contribution < 1.29 is 0 Å². The van der Waals surface area contributed by atoms with Gasteiger partial charge >= 0.3 is 0 Å². The van der Waals surface area contributed by atoms with E-state index in [1.54, 1.807) is 11.3 Å². The van der Waals surface area contributed by atoms with Gasteiger partial charge in [0, 0.05) is 52.9 Å². The topological polar surface area (TPSA) is 35.6 Å². The zero-order valence-electron chi connectivity index (χ0n) is 28.8. The van der Waals surface area contributed by atoms with Crippen molar-refractivity contribution in [1.82, 2.24) is 19.1 Å². The fourth-order valence-corrected chi connectivity index (χ4v) is 10.6. The van der Waals surface area contributed by atoms with Crippen LogP contribution in [0.25, 0.3) is 98.3 Å². The molecule has 0 amide bonds. The van der Waals surface area contributed by atoms with Gasteiger partial charge in [-0.3, -0.25) is 9.13 Å². The predicted octanol–water partition coefficient (Wildman–Crippen LogP) is 13.4. The van der Waals surface area contributed by atoms with Crippen molar-refractivity contribution in [3.05, 3.63) is 170 Å². The summed E-state index contributed by atoms with van der Waals surface area (Å²) >= 11 is 3.62. The summed E-state index contributed by atoms with van der Waals surface area (Å²) in [5.41, 5.74) is 12.3. The molecule has 0 N–H and O–H groups in total. The van der Waals surface area contributed by atoms with Crippen molar-refractivity contribution in [3.8, 4) is 45.1 Å². The van der Waals surface area contributed by atoms with Gasteiger partial charge in [-0.25, -0.2) is 9.97 Å². The third kappa shape index (κ3) is 4.32. The Hall–Kier alpha value is -6.47. The van der Waals surface area contributed by atoms with Crippen molar-refractivity contribution in [2.24, 2.45) is 0 Å². The minimum Gasteiger partial charge on any atom is -0.295 e. The Balaban J connectivity index is 1.10. The second-order valence-electron chi connectivity index (χ2n) is 13.8. The molecule has 5 heterocycles. The van der Waals surface area contributed by atoms with Crippen LogP contribution in [0.15, 0.2) is 180 Å². The number of nitrogens with zero attached hydrogens (tertiary/aromatic N) is 4. The van der Waals surface area contributed by atoms with Gasteiger partial charge in [0.05, 0.1) is 32.6 Å². The highest BCUT2D eigenvalue weighted by atomic mass is 32.2. The average molecular weight is 725 g/mol. The Bertz CT molecular complexity index is 3300. The maximum absolute atomic E-state index is 5.39. The highest BCUT2D eigenvalue weighted by molar-refractivity contribution is 7.99. The summed E-state index contributed by atoms with van der Waals surface area (Å²) in [5, 5.41) is 4.95. The van der Waals surface area contributed by atoms with Crippen LogP contribution in [0.5, 0.6) is 0 Å². The minimum absolute atomic E-state index is 0.716. The molecule has 0 spiro atoms. The molecule has 0 radical (unpaired) electrons. The van der Waals surface area contributed by atoms with Gasteiger partial charge in [0.15, 0.2) is 5.82 Å². The summed E-state index contributed by atoms with van der Waals surface area (Å²) in [4.78, 5) is 13.3. The molecule has 0 unspecified atom stereocenters. The van der Waals surface area contributed by atoms with Gasteiger partial charge in [0.25, 0.3) is 0 Å². The number of para-hydroxylation sites is 3. The second-order valence-corrected chi connectivity index (χ2v) is 15.9. The van der Waals surface area contributed by atoms with Crippen LogP contribution in [-0.4, -0.2) is 19.1 Å². The molecule has 0 aliphatic carbocycles. The summed E-state index contributed by atoms with van der Waals surface area (Å²) in [6.45, 7) is 0. The van der Waals surface area contributed by atoms with E-state index in [1.165, 1.54) is 64.1 Å². The predicted molar refractivity (Wildman–Crippen MR) is 227 cm³/mol. The molecule has 7 aromatic carbocycles. The van der Waals surface area contributed by atoms with Crippen molar-refractivity contribution in [3.63, 3.8) is 0 Å². The van der Waals surface area contributed by atoms with Crippen LogP contribution >= 0.6 is 23.1 Å². The maximum atomic E-state index is 5.39. The number of hydrogen-bond donors (Lipinski definition) is 0. The standard InChI is InChI=1S/C48H28N4S2/c1-2-12-29(13-3-1)30-24-26-31(27-25-30)43-46-44(35-17-5-8-21-39(35)54-46)50-47(49-43)32-14-10-15-33(28-32)51-37-19-6-4-16-34(37)42-36-18-11-23-41-45(36)52(48(42)51)38-20-7-9-22-40(38)53-41/h1-28H. The quantitative estimate of drug-likeness (QED) is 0.181. The smallest absolute Gasteiger partial charge is 0.160 e. The first-order valence-electron chi connectivity index (χ1n) is 18.1. The third-order valence-corrected chi connectivity index (χ3v) is 13.0. The molecule has 12 rings (SSSR count). The van der Waals surface area contributed by atoms with E-state index in [0.717, 1.165) is 38.1 Å². The summed E-state index contributed by atoms with van der Waals surface area (Å²) in [7, 11) is 0. The van der Waals surface area contributed by atoms with Crippen molar-refractivity contribution >= 4 is 76.2 Å². The van der Waals surface area contributed by atoms with Crippen LogP contribution in [0.1, 0.15) is 0 Å². The molecule has 0 bridgehead atoms. The molecule has 0 fully saturated rings. The van der Waals surface area contributed by atoms with Gasteiger partial charge in [-0.1, -0.05) is 139 Å². The highest BCUT2D eigenvalue weighted by Gasteiger charge is 2.28. The SMILES string of the molecule is c1ccc(-c2ccc(-c3nc(-c4cccc(-n5c6ccccc6c6c7cccc8c7n(c65)-c5ccccc5S8)c4)nc4c3sc3ccccc34)cc2)cc1. The van der Waals surface area contributed by atoms with Crippen LogP contribution < -0.4 is 0 Å². The molecular weight excluding hydrogens is 697 g/mol. The van der Waals surface area contributed by atoms with Gasteiger partial charge in [0.1, 0.15) is 5.65 Å². The number of aromatic nitrogens is 4. The molecule has 1 aliphatic rings. The van der Waals surface area contributed by atoms with Crippen molar-refractivity contribution in [1.29, 1.82) is 0 Å². The van der Waals surface area contributed by atoms with Crippen LogP contribution in [0.3, 0.4) is 0 Å². The van der Waals surface area contributed by atoms with E-state index in [1.807, 2.05) is 11.8 Å². The first-order valence-corrected chi connectivity index (χ1v) is 19.7. The summed E-state index contributed by atoms with van der Waals surface area (Å²) in [5.74, 6) is 0.716. The van der Waals surface area contributed by atoms with E-state index in [0.29, 0.717) is 5.82 Å². The third-order valence-electron chi connectivity index (χ3n) is 10.7. The Morgan fingerprint density at radius 3 is 2.07 bits per heavy atom. The van der Waals surface area contributed by atoms with E-state index in [9.17, 15) is 0 Å². The molecule has 0 atom stereocenters. The van der Waals surface area contributed by atoms with Gasteiger partial charge < -0.3 is 0 Å². The zero-order chi connectivity index (χ0) is 35.3. The Morgan fingerprint density at radius 2 is 1.17 bits per heavy atom. The van der Waals surface area contributed by atoms with Gasteiger partial charge in [-0.2, -0.15) is 0 Å². The molecule has 0 saturated heterocycles.